The number of benzene rings is 3. The van der Waals surface area contributed by atoms with Crippen LogP contribution in [0.5, 0.6) is 11.5 Å². The maximum Gasteiger partial charge on any atom is 0.266 e. The van der Waals surface area contributed by atoms with Crippen LogP contribution in [-0.4, -0.2) is 21.8 Å². The fraction of sp³-hybridized carbons (Fsp3) is 0.0435. The van der Waals surface area contributed by atoms with Crippen LogP contribution >= 0.6 is 0 Å². The minimum Gasteiger partial charge on any atom is -0.507 e. The zero-order chi connectivity index (χ0) is 19.5. The van der Waals surface area contributed by atoms with Crippen molar-refractivity contribution in [3.63, 3.8) is 0 Å². The van der Waals surface area contributed by atoms with Gasteiger partial charge < -0.3 is 9.84 Å². The minimum atomic E-state index is -0.171. The van der Waals surface area contributed by atoms with Gasteiger partial charge in [0, 0.05) is 11.6 Å². The first-order valence-corrected chi connectivity index (χ1v) is 8.79. The van der Waals surface area contributed by atoms with Gasteiger partial charge in [0.2, 0.25) is 0 Å². The molecule has 0 aliphatic rings. The molecule has 3 aromatic carbocycles. The highest BCUT2D eigenvalue weighted by molar-refractivity contribution is 5.80. The Labute approximate surface area is 161 Å². The van der Waals surface area contributed by atoms with E-state index >= 15 is 0 Å². The molecule has 1 heterocycles. The lowest BCUT2D eigenvalue weighted by atomic mass is 10.2. The highest BCUT2D eigenvalue weighted by Gasteiger charge is 2.11. The van der Waals surface area contributed by atoms with Crippen LogP contribution in [0.2, 0.25) is 0 Å². The van der Waals surface area contributed by atoms with Crippen molar-refractivity contribution >= 4 is 23.1 Å². The molecule has 0 saturated heterocycles. The summed E-state index contributed by atoms with van der Waals surface area (Å²) in [5.74, 6) is 1.27. The van der Waals surface area contributed by atoms with Gasteiger partial charge >= 0.3 is 0 Å². The van der Waals surface area contributed by atoms with E-state index in [1.54, 1.807) is 54.2 Å². The van der Waals surface area contributed by atoms with E-state index in [1.165, 1.54) is 0 Å². The second kappa shape index (κ2) is 7.40. The number of ether oxygens (including phenoxy) is 1. The Morgan fingerprint density at radius 3 is 2.57 bits per heavy atom. The van der Waals surface area contributed by atoms with Crippen LogP contribution in [0.25, 0.3) is 28.7 Å². The van der Waals surface area contributed by atoms with E-state index in [0.717, 1.165) is 0 Å². The van der Waals surface area contributed by atoms with E-state index in [2.05, 4.69) is 4.98 Å². The van der Waals surface area contributed by atoms with Gasteiger partial charge in [-0.2, -0.15) is 0 Å². The third-order valence-electron chi connectivity index (χ3n) is 4.46. The number of hydrogen-bond donors (Lipinski definition) is 1. The van der Waals surface area contributed by atoms with Crippen LogP contribution in [0, 0.1) is 0 Å². The van der Waals surface area contributed by atoms with Crippen molar-refractivity contribution < 1.29 is 9.84 Å². The molecule has 0 saturated carbocycles. The highest BCUT2D eigenvalue weighted by Crippen LogP contribution is 2.21. The number of methoxy groups -OCH3 is 1. The number of rotatable bonds is 4. The zero-order valence-corrected chi connectivity index (χ0v) is 15.2. The second-order valence-electron chi connectivity index (χ2n) is 6.22. The van der Waals surface area contributed by atoms with Crippen LogP contribution in [0.3, 0.4) is 0 Å². The monoisotopic (exact) mass is 370 g/mol. The largest absolute Gasteiger partial charge is 0.507 e. The van der Waals surface area contributed by atoms with Crippen molar-refractivity contribution in [2.75, 3.05) is 7.11 Å². The van der Waals surface area contributed by atoms with Crippen molar-refractivity contribution in [1.82, 2.24) is 9.55 Å². The molecule has 0 unspecified atom stereocenters. The molecule has 0 atom stereocenters. The van der Waals surface area contributed by atoms with Crippen molar-refractivity contribution in [3.05, 3.63) is 94.5 Å². The topological polar surface area (TPSA) is 64.3 Å². The fourth-order valence-electron chi connectivity index (χ4n) is 3.05. The molecule has 1 N–H and O–H groups in total. The van der Waals surface area contributed by atoms with Crippen molar-refractivity contribution in [3.8, 4) is 17.2 Å². The molecule has 0 fully saturated rings. The molecule has 0 spiro atoms. The van der Waals surface area contributed by atoms with Crippen LogP contribution in [0.1, 0.15) is 11.4 Å². The summed E-state index contributed by atoms with van der Waals surface area (Å²) in [7, 11) is 1.58. The quantitative estimate of drug-likeness (QED) is 0.583. The maximum atomic E-state index is 13.2. The van der Waals surface area contributed by atoms with Gasteiger partial charge in [0.05, 0.1) is 23.7 Å². The Balaban J connectivity index is 1.96. The lowest BCUT2D eigenvalue weighted by Gasteiger charge is -2.12. The van der Waals surface area contributed by atoms with Gasteiger partial charge in [-0.25, -0.2) is 4.98 Å². The molecule has 5 nitrogen and oxygen atoms in total. The lowest BCUT2D eigenvalue weighted by molar-refractivity contribution is 0.414. The van der Waals surface area contributed by atoms with Crippen LogP contribution in [0.15, 0.2) is 77.6 Å². The smallest absolute Gasteiger partial charge is 0.266 e. The summed E-state index contributed by atoms with van der Waals surface area (Å²) < 4.78 is 6.84. The molecular weight excluding hydrogens is 352 g/mol. The van der Waals surface area contributed by atoms with Crippen molar-refractivity contribution in [2.45, 2.75) is 0 Å². The molecule has 4 aromatic rings. The summed E-state index contributed by atoms with van der Waals surface area (Å²) in [6, 6.07) is 21.5. The SMILES string of the molecule is COc1cccc(-n2c(/C=C/c3ccccc3O)nc3ccccc3c2=O)c1. The minimum absolute atomic E-state index is 0.162. The van der Waals surface area contributed by atoms with Crippen LogP contribution in [-0.2, 0) is 0 Å². The second-order valence-corrected chi connectivity index (χ2v) is 6.22. The van der Waals surface area contributed by atoms with Gasteiger partial charge in [0.25, 0.3) is 5.56 Å². The third kappa shape index (κ3) is 3.25. The number of aromatic nitrogens is 2. The Hall–Kier alpha value is -3.86. The first kappa shape index (κ1) is 17.5. The van der Waals surface area contributed by atoms with Crippen LogP contribution < -0.4 is 10.3 Å². The van der Waals surface area contributed by atoms with E-state index in [0.29, 0.717) is 33.7 Å². The number of fused-ring (bicyclic) bond motifs is 1. The first-order valence-electron chi connectivity index (χ1n) is 8.79. The number of aromatic hydroxyl groups is 1. The van der Waals surface area contributed by atoms with Gasteiger partial charge in [-0.1, -0.05) is 36.4 Å². The van der Waals surface area contributed by atoms with Gasteiger partial charge in [0.1, 0.15) is 17.3 Å². The molecule has 28 heavy (non-hydrogen) atoms. The Morgan fingerprint density at radius 2 is 1.75 bits per heavy atom. The van der Waals surface area contributed by atoms with Gasteiger partial charge in [-0.3, -0.25) is 9.36 Å². The Kier molecular flexibility index (Phi) is 4.64. The van der Waals surface area contributed by atoms with Crippen molar-refractivity contribution in [1.29, 1.82) is 0 Å². The molecule has 1 aromatic heterocycles. The molecule has 0 amide bonds. The van der Waals surface area contributed by atoms with E-state index < -0.39 is 0 Å². The van der Waals surface area contributed by atoms with E-state index in [4.69, 9.17) is 4.74 Å². The highest BCUT2D eigenvalue weighted by atomic mass is 16.5. The van der Waals surface area contributed by atoms with Gasteiger partial charge in [-0.15, -0.1) is 0 Å². The normalized spacial score (nSPS) is 11.2. The van der Waals surface area contributed by atoms with Gasteiger partial charge in [0.15, 0.2) is 0 Å². The molecule has 138 valence electrons. The number of phenols is 1. The first-order chi connectivity index (χ1) is 13.7. The standard InChI is InChI=1S/C23H18N2O3/c1-28-18-9-6-8-17(15-18)25-22(14-13-16-7-2-5-12-21(16)26)24-20-11-4-3-10-19(20)23(25)27/h2-15,26H,1H3/b14-13+. The Morgan fingerprint density at radius 1 is 0.964 bits per heavy atom. The molecule has 0 radical (unpaired) electrons. The average molecular weight is 370 g/mol. The molecule has 4 rings (SSSR count). The average Bonchev–Trinajstić information content (AvgIpc) is 2.73. The van der Waals surface area contributed by atoms with Gasteiger partial charge in [-0.05, 0) is 42.5 Å². The molecular formula is C23H18N2O3. The number of hydrogen-bond acceptors (Lipinski definition) is 4. The summed E-state index contributed by atoms with van der Waals surface area (Å²) in [6.45, 7) is 0. The number of phenolic OH excluding ortho intramolecular Hbond substituents is 1. The maximum absolute atomic E-state index is 13.2. The third-order valence-corrected chi connectivity index (χ3v) is 4.46. The Bertz CT molecular complexity index is 1240. The van der Waals surface area contributed by atoms with E-state index in [9.17, 15) is 9.90 Å². The summed E-state index contributed by atoms with van der Waals surface area (Å²) in [4.78, 5) is 17.9. The molecule has 0 aliphatic heterocycles. The van der Waals surface area contributed by atoms with E-state index in [1.807, 2.05) is 42.5 Å². The number of nitrogens with zero attached hydrogens (tertiary/aromatic N) is 2. The molecule has 5 heteroatoms. The molecule has 0 aliphatic carbocycles. The summed E-state index contributed by atoms with van der Waals surface area (Å²) in [5.41, 5.74) is 1.74. The molecule has 0 bridgehead atoms. The summed E-state index contributed by atoms with van der Waals surface area (Å²) in [6.07, 6.45) is 3.46. The fourth-order valence-corrected chi connectivity index (χ4v) is 3.05. The van der Waals surface area contributed by atoms with E-state index in [-0.39, 0.29) is 11.3 Å². The van der Waals surface area contributed by atoms with Crippen LogP contribution in [0.4, 0.5) is 0 Å². The zero-order valence-electron chi connectivity index (χ0n) is 15.2. The predicted molar refractivity (Wildman–Crippen MR) is 111 cm³/mol. The predicted octanol–water partition coefficient (Wildman–Crippen LogP) is 4.27. The summed E-state index contributed by atoms with van der Waals surface area (Å²) >= 11 is 0. The van der Waals surface area contributed by atoms with Crippen molar-refractivity contribution in [2.24, 2.45) is 0 Å². The summed E-state index contributed by atoms with van der Waals surface area (Å²) in [5, 5.41) is 10.5. The number of para-hydroxylation sites is 2. The lowest BCUT2D eigenvalue weighted by Crippen LogP contribution is -2.22.